The van der Waals surface area contributed by atoms with Crippen molar-refractivity contribution in [1.82, 2.24) is 4.90 Å². The molecule has 1 aliphatic carbocycles. The molecule has 2 fully saturated rings. The summed E-state index contributed by atoms with van der Waals surface area (Å²) in [5.41, 5.74) is 0. The van der Waals surface area contributed by atoms with Crippen LogP contribution in [-0.4, -0.2) is 41.2 Å². The van der Waals surface area contributed by atoms with E-state index < -0.39 is 11.9 Å². The number of furan rings is 1. The average molecular weight is 309 g/mol. The van der Waals surface area contributed by atoms with Gasteiger partial charge < -0.3 is 14.4 Å². The molecule has 0 unspecified atom stereocenters. The maximum Gasteiger partial charge on any atom is 0.308 e. The van der Waals surface area contributed by atoms with Crippen LogP contribution in [0.4, 0.5) is 0 Å². The van der Waals surface area contributed by atoms with E-state index >= 15 is 0 Å². The summed E-state index contributed by atoms with van der Waals surface area (Å²) < 4.78 is 5.55. The highest BCUT2D eigenvalue weighted by Crippen LogP contribution is 2.44. The third-order valence-corrected chi connectivity index (χ3v) is 4.93. The maximum absolute atomic E-state index is 12.5. The first-order chi connectivity index (χ1) is 10.1. The summed E-state index contributed by atoms with van der Waals surface area (Å²) in [7, 11) is 0. The molecule has 1 aromatic rings. The SMILES string of the molecule is CSCc1ccc(C(=O)N2C[C@@H](C(=O)O)[C@H](C3CC3)C2)o1. The van der Waals surface area contributed by atoms with E-state index in [1.54, 1.807) is 22.7 Å². The molecular formula is C15H19NO4S. The van der Waals surface area contributed by atoms with Gasteiger partial charge in [0.15, 0.2) is 5.76 Å². The number of rotatable bonds is 5. The Morgan fingerprint density at radius 2 is 2.14 bits per heavy atom. The van der Waals surface area contributed by atoms with Crippen LogP contribution < -0.4 is 0 Å². The van der Waals surface area contributed by atoms with Crippen molar-refractivity contribution >= 4 is 23.6 Å². The summed E-state index contributed by atoms with van der Waals surface area (Å²) in [6.45, 7) is 0.840. The zero-order valence-electron chi connectivity index (χ0n) is 11.9. The molecule has 5 nitrogen and oxygen atoms in total. The highest BCUT2D eigenvalue weighted by Gasteiger charge is 2.47. The third kappa shape index (κ3) is 2.95. The van der Waals surface area contributed by atoms with E-state index in [1.165, 1.54) is 0 Å². The van der Waals surface area contributed by atoms with Crippen LogP contribution in [0.5, 0.6) is 0 Å². The molecule has 3 rings (SSSR count). The number of carbonyl (C=O) groups is 2. The molecule has 0 spiro atoms. The molecule has 0 aromatic carbocycles. The van der Waals surface area contributed by atoms with Gasteiger partial charge >= 0.3 is 5.97 Å². The summed E-state index contributed by atoms with van der Waals surface area (Å²) in [5.74, 6) is 1.01. The van der Waals surface area contributed by atoms with Crippen LogP contribution in [-0.2, 0) is 10.5 Å². The van der Waals surface area contributed by atoms with Crippen molar-refractivity contribution in [1.29, 1.82) is 0 Å². The van der Waals surface area contributed by atoms with Crippen molar-refractivity contribution in [2.75, 3.05) is 19.3 Å². The lowest BCUT2D eigenvalue weighted by atomic mass is 9.92. The van der Waals surface area contributed by atoms with E-state index in [-0.39, 0.29) is 11.8 Å². The Hall–Kier alpha value is -1.43. The minimum Gasteiger partial charge on any atom is -0.481 e. The summed E-state index contributed by atoms with van der Waals surface area (Å²) in [6.07, 6.45) is 4.16. The lowest BCUT2D eigenvalue weighted by molar-refractivity contribution is -0.142. The largest absolute Gasteiger partial charge is 0.481 e. The Balaban J connectivity index is 1.71. The van der Waals surface area contributed by atoms with Crippen LogP contribution in [0.25, 0.3) is 0 Å². The first-order valence-corrected chi connectivity index (χ1v) is 8.59. The minimum absolute atomic E-state index is 0.104. The number of nitrogens with zero attached hydrogens (tertiary/aromatic N) is 1. The molecule has 2 aliphatic rings. The normalized spacial score (nSPS) is 25.3. The Kier molecular flexibility index (Phi) is 3.97. The Morgan fingerprint density at radius 3 is 2.76 bits per heavy atom. The number of likely N-dealkylation sites (tertiary alicyclic amines) is 1. The molecular weight excluding hydrogens is 290 g/mol. The van der Waals surface area contributed by atoms with Crippen molar-refractivity contribution in [2.45, 2.75) is 18.6 Å². The van der Waals surface area contributed by atoms with Gasteiger partial charge in [-0.2, -0.15) is 11.8 Å². The Morgan fingerprint density at radius 1 is 1.38 bits per heavy atom. The molecule has 0 bridgehead atoms. The van der Waals surface area contributed by atoms with Crippen LogP contribution in [0, 0.1) is 17.8 Å². The quantitative estimate of drug-likeness (QED) is 0.904. The topological polar surface area (TPSA) is 70.8 Å². The third-order valence-electron chi connectivity index (χ3n) is 4.36. The van der Waals surface area contributed by atoms with Crippen LogP contribution in [0.15, 0.2) is 16.5 Å². The van der Waals surface area contributed by atoms with Crippen molar-refractivity contribution in [3.8, 4) is 0 Å². The number of thioether (sulfide) groups is 1. The Bertz CT molecular complexity index is 552. The van der Waals surface area contributed by atoms with E-state index in [2.05, 4.69) is 0 Å². The molecule has 0 radical (unpaired) electrons. The van der Waals surface area contributed by atoms with Crippen LogP contribution in [0.1, 0.15) is 29.2 Å². The predicted octanol–water partition coefficient (Wildman–Crippen LogP) is 2.33. The van der Waals surface area contributed by atoms with Gasteiger partial charge in [0.25, 0.3) is 5.91 Å². The number of carboxylic acid groups (broad SMARTS) is 1. The molecule has 2 atom stereocenters. The van der Waals surface area contributed by atoms with E-state index in [0.717, 1.165) is 24.4 Å². The maximum atomic E-state index is 12.5. The lowest BCUT2D eigenvalue weighted by Crippen LogP contribution is -2.29. The number of carboxylic acids is 1. The fraction of sp³-hybridized carbons (Fsp3) is 0.600. The van der Waals surface area contributed by atoms with Gasteiger partial charge in [0.1, 0.15) is 5.76 Å². The smallest absolute Gasteiger partial charge is 0.308 e. The van der Waals surface area contributed by atoms with E-state index in [1.807, 2.05) is 12.3 Å². The molecule has 6 heteroatoms. The van der Waals surface area contributed by atoms with Crippen LogP contribution in [0.3, 0.4) is 0 Å². The fourth-order valence-electron chi connectivity index (χ4n) is 3.13. The first kappa shape index (κ1) is 14.5. The summed E-state index contributed by atoms with van der Waals surface area (Å²) in [5, 5.41) is 9.34. The van der Waals surface area contributed by atoms with Crippen molar-refractivity contribution in [2.24, 2.45) is 17.8 Å². The predicted molar refractivity (Wildman–Crippen MR) is 79.2 cm³/mol. The second-order valence-electron chi connectivity index (χ2n) is 5.86. The molecule has 1 saturated heterocycles. The zero-order valence-corrected chi connectivity index (χ0v) is 12.8. The van der Waals surface area contributed by atoms with E-state index in [9.17, 15) is 14.7 Å². The van der Waals surface area contributed by atoms with Gasteiger partial charge in [0, 0.05) is 13.1 Å². The summed E-state index contributed by atoms with van der Waals surface area (Å²) in [4.78, 5) is 25.5. The Labute approximate surface area is 127 Å². The number of amides is 1. The van der Waals surface area contributed by atoms with Gasteiger partial charge in [-0.05, 0) is 43.1 Å². The van der Waals surface area contributed by atoms with Gasteiger partial charge in [-0.1, -0.05) is 0 Å². The van der Waals surface area contributed by atoms with Crippen LogP contribution in [0.2, 0.25) is 0 Å². The fourth-order valence-corrected chi connectivity index (χ4v) is 3.57. The summed E-state index contributed by atoms with van der Waals surface area (Å²) in [6, 6.07) is 3.50. The zero-order chi connectivity index (χ0) is 15.0. The first-order valence-electron chi connectivity index (χ1n) is 7.20. The number of carbonyl (C=O) groups excluding carboxylic acids is 1. The molecule has 114 valence electrons. The van der Waals surface area contributed by atoms with Crippen molar-refractivity contribution in [3.63, 3.8) is 0 Å². The van der Waals surface area contributed by atoms with Gasteiger partial charge in [0.05, 0.1) is 11.7 Å². The van der Waals surface area contributed by atoms with E-state index in [4.69, 9.17) is 4.42 Å². The van der Waals surface area contributed by atoms with Crippen molar-refractivity contribution in [3.05, 3.63) is 23.7 Å². The molecule has 1 aliphatic heterocycles. The van der Waals surface area contributed by atoms with E-state index in [0.29, 0.717) is 24.8 Å². The molecule has 1 aromatic heterocycles. The number of aliphatic carboxylic acids is 1. The van der Waals surface area contributed by atoms with Gasteiger partial charge in [-0.3, -0.25) is 9.59 Å². The molecule has 1 saturated carbocycles. The highest BCUT2D eigenvalue weighted by molar-refractivity contribution is 7.97. The number of hydrogen-bond acceptors (Lipinski definition) is 4. The van der Waals surface area contributed by atoms with Gasteiger partial charge in [0.2, 0.25) is 0 Å². The summed E-state index contributed by atoms with van der Waals surface area (Å²) >= 11 is 1.63. The lowest BCUT2D eigenvalue weighted by Gasteiger charge is -2.14. The molecule has 21 heavy (non-hydrogen) atoms. The highest BCUT2D eigenvalue weighted by atomic mass is 32.2. The standard InChI is InChI=1S/C15H19NO4S/c1-21-8-10-4-5-13(20-10)14(17)16-6-11(9-2-3-9)12(7-16)15(18)19/h4-5,9,11-12H,2-3,6-8H2,1H3,(H,18,19)/t11-,12+/m0/s1. The molecule has 2 heterocycles. The van der Waals surface area contributed by atoms with Gasteiger partial charge in [-0.15, -0.1) is 0 Å². The second kappa shape index (κ2) is 5.75. The van der Waals surface area contributed by atoms with Gasteiger partial charge in [-0.25, -0.2) is 0 Å². The number of hydrogen-bond donors (Lipinski definition) is 1. The van der Waals surface area contributed by atoms with Crippen molar-refractivity contribution < 1.29 is 19.1 Å². The molecule has 1 N–H and O–H groups in total. The molecule has 1 amide bonds. The average Bonchev–Trinajstić information content (AvgIpc) is 3.02. The van der Waals surface area contributed by atoms with Crippen LogP contribution >= 0.6 is 11.8 Å². The monoisotopic (exact) mass is 309 g/mol. The minimum atomic E-state index is -0.787. The second-order valence-corrected chi connectivity index (χ2v) is 6.72.